The molecule has 6 rings (SSSR count). The maximum absolute atomic E-state index is 14.0. The number of methoxy groups -OCH3 is 3. The van der Waals surface area contributed by atoms with Gasteiger partial charge in [0.05, 0.1) is 55.8 Å². The molecule has 1 aliphatic heterocycles. The molecule has 47 heavy (non-hydrogen) atoms. The topological polar surface area (TPSA) is 120 Å². The Morgan fingerprint density at radius 2 is 1.66 bits per heavy atom. The Labute approximate surface area is 280 Å². The summed E-state index contributed by atoms with van der Waals surface area (Å²) in [4.78, 5) is 28.0. The summed E-state index contributed by atoms with van der Waals surface area (Å²) >= 11 is 2.83. The van der Waals surface area contributed by atoms with E-state index in [-0.39, 0.29) is 24.1 Å². The molecule has 240 valence electrons. The van der Waals surface area contributed by atoms with E-state index < -0.39 is 6.04 Å². The predicted molar refractivity (Wildman–Crippen MR) is 181 cm³/mol. The number of aromatic nitrogens is 3. The lowest BCUT2D eigenvalue weighted by Gasteiger charge is -2.24. The van der Waals surface area contributed by atoms with Gasteiger partial charge in [0.15, 0.2) is 22.5 Å². The average Bonchev–Trinajstić information content (AvgIpc) is 3.90. The van der Waals surface area contributed by atoms with E-state index in [0.717, 1.165) is 21.8 Å². The second-order valence-corrected chi connectivity index (χ2v) is 12.2. The number of thioether (sulfide) groups is 1. The number of carbonyl (C=O) groups excluding carboxylic acids is 2. The highest BCUT2D eigenvalue weighted by Gasteiger charge is 2.36. The zero-order chi connectivity index (χ0) is 32.8. The van der Waals surface area contributed by atoms with Crippen LogP contribution in [0.25, 0.3) is 5.69 Å². The first-order valence-corrected chi connectivity index (χ1v) is 16.6. The van der Waals surface area contributed by atoms with Crippen LogP contribution in [0.2, 0.25) is 0 Å². The Bertz CT molecular complexity index is 1890. The standard InChI is InChI=1S/C34H32N6O5S2/c1-43-27-15-8-7-13-24(27)33(42)35-20-30-36-37-34(39(30)22-11-5-4-6-12-22)47-21-31(41)40-26(19-25(38-40)29-17-10-18-46-29)23-14-9-16-28(44-2)32(23)45-3/h4-18,26H,19-21H2,1-3H3,(H,35,42)/t26-/m1/s1. The van der Waals surface area contributed by atoms with Gasteiger partial charge in [-0.25, -0.2) is 5.01 Å². The van der Waals surface area contributed by atoms with Gasteiger partial charge in [-0.15, -0.1) is 21.5 Å². The van der Waals surface area contributed by atoms with Crippen molar-refractivity contribution in [3.63, 3.8) is 0 Å². The largest absolute Gasteiger partial charge is 0.496 e. The van der Waals surface area contributed by atoms with Gasteiger partial charge in [-0.3, -0.25) is 14.2 Å². The van der Waals surface area contributed by atoms with E-state index in [1.54, 1.807) is 49.8 Å². The molecule has 13 heteroatoms. The molecule has 0 bridgehead atoms. The summed E-state index contributed by atoms with van der Waals surface area (Å²) in [6.07, 6.45) is 0.524. The van der Waals surface area contributed by atoms with E-state index in [1.165, 1.54) is 23.9 Å². The van der Waals surface area contributed by atoms with Crippen molar-refractivity contribution in [2.45, 2.75) is 24.2 Å². The minimum Gasteiger partial charge on any atom is -0.496 e. The molecule has 0 saturated carbocycles. The molecule has 2 aromatic heterocycles. The molecule has 0 fully saturated rings. The summed E-state index contributed by atoms with van der Waals surface area (Å²) in [6, 6.07) is 25.8. The SMILES string of the molecule is COc1ccccc1C(=O)NCc1nnc(SCC(=O)N2N=C(c3cccs3)C[C@@H]2c2cccc(OC)c2OC)n1-c1ccccc1. The molecule has 0 radical (unpaired) electrons. The quantitative estimate of drug-likeness (QED) is 0.167. The first-order valence-electron chi connectivity index (χ1n) is 14.7. The third kappa shape index (κ3) is 6.71. The van der Waals surface area contributed by atoms with Gasteiger partial charge in [-0.05, 0) is 41.8 Å². The first-order chi connectivity index (χ1) is 23.0. The minimum atomic E-state index is -0.391. The molecule has 0 unspecified atom stereocenters. The smallest absolute Gasteiger partial charge is 0.255 e. The molecule has 1 N–H and O–H groups in total. The Morgan fingerprint density at radius 3 is 2.40 bits per heavy atom. The van der Waals surface area contributed by atoms with Crippen LogP contribution in [0, 0.1) is 0 Å². The molecule has 1 aliphatic rings. The maximum Gasteiger partial charge on any atom is 0.255 e. The van der Waals surface area contributed by atoms with Crippen molar-refractivity contribution in [3.05, 3.63) is 112 Å². The zero-order valence-electron chi connectivity index (χ0n) is 26.0. The van der Waals surface area contributed by atoms with Crippen LogP contribution in [0.15, 0.2) is 101 Å². The molecule has 0 aliphatic carbocycles. The van der Waals surface area contributed by atoms with E-state index >= 15 is 0 Å². The number of carbonyl (C=O) groups is 2. The van der Waals surface area contributed by atoms with Crippen LogP contribution < -0.4 is 19.5 Å². The monoisotopic (exact) mass is 668 g/mol. The number of para-hydroxylation sites is 3. The number of rotatable bonds is 12. The Hall–Kier alpha value is -5.14. The molecule has 1 atom stereocenters. The Morgan fingerprint density at radius 1 is 0.894 bits per heavy atom. The van der Waals surface area contributed by atoms with Crippen LogP contribution in [0.4, 0.5) is 0 Å². The van der Waals surface area contributed by atoms with Crippen molar-refractivity contribution in [3.8, 4) is 22.9 Å². The average molecular weight is 669 g/mol. The minimum absolute atomic E-state index is 0.0442. The number of nitrogens with zero attached hydrogens (tertiary/aromatic N) is 5. The fraction of sp³-hybridized carbons (Fsp3) is 0.206. The van der Waals surface area contributed by atoms with Crippen molar-refractivity contribution >= 4 is 40.6 Å². The Kier molecular flexibility index (Phi) is 9.83. The van der Waals surface area contributed by atoms with E-state index in [1.807, 2.05) is 70.6 Å². The van der Waals surface area contributed by atoms with E-state index in [4.69, 9.17) is 19.3 Å². The van der Waals surface area contributed by atoms with E-state index in [0.29, 0.717) is 40.2 Å². The number of hydrogen-bond acceptors (Lipinski definition) is 10. The van der Waals surface area contributed by atoms with Crippen LogP contribution in [0.1, 0.15) is 39.1 Å². The number of nitrogens with one attached hydrogen (secondary N) is 1. The molecular formula is C34H32N6O5S2. The third-order valence-corrected chi connectivity index (χ3v) is 9.39. The zero-order valence-corrected chi connectivity index (χ0v) is 27.6. The normalized spacial score (nSPS) is 14.1. The van der Waals surface area contributed by atoms with Gasteiger partial charge in [0, 0.05) is 17.7 Å². The summed E-state index contributed by atoms with van der Waals surface area (Å²) in [5, 5.41) is 20.6. The lowest BCUT2D eigenvalue weighted by molar-refractivity contribution is -0.130. The molecule has 11 nitrogen and oxygen atoms in total. The highest BCUT2D eigenvalue weighted by Crippen LogP contribution is 2.42. The molecule has 3 heterocycles. The second-order valence-electron chi connectivity index (χ2n) is 10.3. The molecular weight excluding hydrogens is 637 g/mol. The summed E-state index contributed by atoms with van der Waals surface area (Å²) < 4.78 is 18.5. The van der Waals surface area contributed by atoms with Crippen LogP contribution in [0.3, 0.4) is 0 Å². The van der Waals surface area contributed by atoms with Crippen molar-refractivity contribution in [2.75, 3.05) is 27.1 Å². The highest BCUT2D eigenvalue weighted by atomic mass is 32.2. The van der Waals surface area contributed by atoms with Crippen molar-refractivity contribution in [1.82, 2.24) is 25.1 Å². The number of ether oxygens (including phenoxy) is 3. The van der Waals surface area contributed by atoms with Gasteiger partial charge in [-0.1, -0.05) is 60.3 Å². The van der Waals surface area contributed by atoms with Crippen LogP contribution in [0.5, 0.6) is 17.2 Å². The number of hydrazone groups is 1. The van der Waals surface area contributed by atoms with Crippen LogP contribution in [-0.4, -0.2) is 64.4 Å². The Balaban J connectivity index is 1.25. The van der Waals surface area contributed by atoms with Crippen molar-refractivity contribution in [1.29, 1.82) is 0 Å². The summed E-state index contributed by atoms with van der Waals surface area (Å²) in [6.45, 7) is 0.103. The second kappa shape index (κ2) is 14.5. The van der Waals surface area contributed by atoms with Gasteiger partial charge in [0.1, 0.15) is 5.75 Å². The van der Waals surface area contributed by atoms with E-state index in [9.17, 15) is 9.59 Å². The predicted octanol–water partition coefficient (Wildman–Crippen LogP) is 5.75. The van der Waals surface area contributed by atoms with Crippen molar-refractivity contribution in [2.24, 2.45) is 5.10 Å². The fourth-order valence-corrected chi connectivity index (χ4v) is 6.92. The molecule has 2 amide bonds. The summed E-state index contributed by atoms with van der Waals surface area (Å²) in [5.41, 5.74) is 2.85. The lowest BCUT2D eigenvalue weighted by atomic mass is 9.99. The van der Waals surface area contributed by atoms with Gasteiger partial charge in [0.25, 0.3) is 11.8 Å². The number of benzene rings is 3. The van der Waals surface area contributed by atoms with Gasteiger partial charge < -0.3 is 19.5 Å². The molecule has 0 spiro atoms. The van der Waals surface area contributed by atoms with Crippen molar-refractivity contribution < 1.29 is 23.8 Å². The molecule has 5 aromatic rings. The third-order valence-electron chi connectivity index (χ3n) is 7.56. The van der Waals surface area contributed by atoms with E-state index in [2.05, 4.69) is 15.5 Å². The maximum atomic E-state index is 14.0. The van der Waals surface area contributed by atoms with Gasteiger partial charge in [0.2, 0.25) is 0 Å². The van der Waals surface area contributed by atoms with Crippen LogP contribution in [-0.2, 0) is 11.3 Å². The fourth-order valence-electron chi connectivity index (χ4n) is 5.37. The molecule has 3 aromatic carbocycles. The number of thiophene rings is 1. The van der Waals surface area contributed by atoms with Gasteiger partial charge >= 0.3 is 0 Å². The van der Waals surface area contributed by atoms with Crippen LogP contribution >= 0.6 is 23.1 Å². The number of amides is 2. The summed E-state index contributed by atoms with van der Waals surface area (Å²) in [5.74, 6) is 1.66. The first kappa shape index (κ1) is 31.8. The molecule has 0 saturated heterocycles. The highest BCUT2D eigenvalue weighted by molar-refractivity contribution is 7.99. The van der Waals surface area contributed by atoms with Gasteiger partial charge in [-0.2, -0.15) is 5.10 Å². The lowest BCUT2D eigenvalue weighted by Crippen LogP contribution is -2.29. The summed E-state index contributed by atoms with van der Waals surface area (Å²) in [7, 11) is 4.70. The number of hydrogen-bond donors (Lipinski definition) is 1.